The number of carbonyl (C=O) groups is 3. The smallest absolute Gasteiger partial charge is 0.472 e. The molecule has 0 spiro atoms. The SMILES string of the molecule is CCCCCCC/C=C\CCCCCCCC(=O)OCC(O)COP(=O)(O)OCC(NC(=O)CCCCCCCCCC)C(=O)O. The highest BCUT2D eigenvalue weighted by Crippen LogP contribution is 2.43. The standard InChI is InChI=1S/C34H64NO10P/c1-3-5-7-9-11-13-14-15-16-17-18-20-22-24-26-33(38)43-27-30(36)28-44-46(41,42)45-29-31(34(39)40)35-32(37)25-23-21-19-12-10-8-6-4-2/h14-15,30-31,36H,3-13,16-29H2,1-2H3,(H,35,37)(H,39,40)(H,41,42)/b15-14-. The van der Waals surface area contributed by atoms with E-state index in [4.69, 9.17) is 13.8 Å². The molecule has 0 saturated heterocycles. The van der Waals surface area contributed by atoms with Crippen LogP contribution in [0.5, 0.6) is 0 Å². The van der Waals surface area contributed by atoms with E-state index in [1.807, 2.05) is 0 Å². The van der Waals surface area contributed by atoms with Crippen LogP contribution in [0.15, 0.2) is 12.2 Å². The third-order valence-electron chi connectivity index (χ3n) is 7.55. The molecule has 3 atom stereocenters. The number of nitrogens with one attached hydrogen (secondary N) is 1. The number of esters is 1. The highest BCUT2D eigenvalue weighted by Gasteiger charge is 2.28. The number of ether oxygens (including phenoxy) is 1. The molecule has 4 N–H and O–H groups in total. The summed E-state index contributed by atoms with van der Waals surface area (Å²) in [6, 6.07) is -1.54. The molecule has 11 nitrogen and oxygen atoms in total. The number of carbonyl (C=O) groups excluding carboxylic acids is 2. The predicted molar refractivity (Wildman–Crippen MR) is 180 cm³/mol. The van der Waals surface area contributed by atoms with Crippen molar-refractivity contribution in [3.63, 3.8) is 0 Å². The maximum atomic E-state index is 12.1. The number of phosphoric acid groups is 1. The number of hydrogen-bond acceptors (Lipinski definition) is 8. The first-order valence-corrected chi connectivity index (χ1v) is 19.2. The Kier molecular flexibility index (Phi) is 29.4. The Labute approximate surface area is 277 Å². The lowest BCUT2D eigenvalue weighted by molar-refractivity contribution is -0.147. The van der Waals surface area contributed by atoms with E-state index in [2.05, 4.69) is 31.3 Å². The van der Waals surface area contributed by atoms with Gasteiger partial charge < -0.3 is 25.2 Å². The maximum absolute atomic E-state index is 12.1. The van der Waals surface area contributed by atoms with Gasteiger partial charge in [0.05, 0.1) is 13.2 Å². The number of rotatable bonds is 33. The number of carboxylic acids is 1. The number of amides is 1. The second-order valence-electron chi connectivity index (χ2n) is 12.1. The van der Waals surface area contributed by atoms with Crippen LogP contribution >= 0.6 is 7.82 Å². The van der Waals surface area contributed by atoms with E-state index in [1.54, 1.807) is 0 Å². The van der Waals surface area contributed by atoms with Crippen molar-refractivity contribution in [1.29, 1.82) is 0 Å². The van der Waals surface area contributed by atoms with Crippen LogP contribution in [0.4, 0.5) is 0 Å². The van der Waals surface area contributed by atoms with Gasteiger partial charge in [-0.25, -0.2) is 9.36 Å². The van der Waals surface area contributed by atoms with E-state index in [-0.39, 0.29) is 12.8 Å². The topological polar surface area (TPSA) is 169 Å². The van der Waals surface area contributed by atoms with E-state index in [0.717, 1.165) is 57.8 Å². The molecule has 0 rings (SSSR count). The van der Waals surface area contributed by atoms with Gasteiger partial charge in [0.1, 0.15) is 12.7 Å². The summed E-state index contributed by atoms with van der Waals surface area (Å²) in [6.07, 6.45) is 25.5. The molecule has 0 aliphatic heterocycles. The van der Waals surface area contributed by atoms with E-state index in [1.165, 1.54) is 57.8 Å². The second kappa shape index (κ2) is 30.5. The molecule has 0 aliphatic rings. The molecular weight excluding hydrogens is 613 g/mol. The number of phosphoric ester groups is 1. The highest BCUT2D eigenvalue weighted by atomic mass is 31.2. The van der Waals surface area contributed by atoms with Crippen molar-refractivity contribution in [2.45, 2.75) is 167 Å². The minimum Gasteiger partial charge on any atom is -0.480 e. The summed E-state index contributed by atoms with van der Waals surface area (Å²) in [5, 5.41) is 21.6. The Morgan fingerprint density at radius 2 is 1.13 bits per heavy atom. The third kappa shape index (κ3) is 29.6. The van der Waals surface area contributed by atoms with Crippen molar-refractivity contribution < 1.29 is 47.8 Å². The average molecular weight is 678 g/mol. The van der Waals surface area contributed by atoms with Crippen LogP contribution in [0.2, 0.25) is 0 Å². The third-order valence-corrected chi connectivity index (χ3v) is 8.51. The number of hydrogen-bond donors (Lipinski definition) is 4. The first kappa shape index (κ1) is 44.2. The number of aliphatic carboxylic acids is 1. The van der Waals surface area contributed by atoms with Crippen molar-refractivity contribution in [1.82, 2.24) is 5.32 Å². The number of carboxylic acid groups (broad SMARTS) is 1. The molecule has 1 amide bonds. The molecule has 0 aromatic heterocycles. The summed E-state index contributed by atoms with van der Waals surface area (Å²) < 4.78 is 26.6. The van der Waals surface area contributed by atoms with Crippen LogP contribution in [-0.4, -0.2) is 64.9 Å². The van der Waals surface area contributed by atoms with Gasteiger partial charge in [-0.05, 0) is 38.5 Å². The van der Waals surface area contributed by atoms with Gasteiger partial charge in [-0.1, -0.05) is 116 Å². The van der Waals surface area contributed by atoms with Gasteiger partial charge in [-0.3, -0.25) is 18.6 Å². The maximum Gasteiger partial charge on any atom is 0.472 e. The Morgan fingerprint density at radius 3 is 1.65 bits per heavy atom. The number of aliphatic hydroxyl groups is 1. The molecule has 0 aromatic carbocycles. The lowest BCUT2D eigenvalue weighted by Crippen LogP contribution is -2.43. The van der Waals surface area contributed by atoms with Crippen molar-refractivity contribution in [3.8, 4) is 0 Å². The van der Waals surface area contributed by atoms with Gasteiger partial charge >= 0.3 is 19.8 Å². The lowest BCUT2D eigenvalue weighted by atomic mass is 10.1. The number of aliphatic hydroxyl groups excluding tert-OH is 1. The molecule has 12 heteroatoms. The molecule has 46 heavy (non-hydrogen) atoms. The Morgan fingerprint density at radius 1 is 0.674 bits per heavy atom. The quantitative estimate of drug-likeness (QED) is 0.0233. The van der Waals surface area contributed by atoms with Gasteiger partial charge in [0.25, 0.3) is 0 Å². The summed E-state index contributed by atoms with van der Waals surface area (Å²) in [5.74, 6) is -2.39. The zero-order valence-corrected chi connectivity index (χ0v) is 29.5. The summed E-state index contributed by atoms with van der Waals surface area (Å²) in [4.78, 5) is 45.4. The Hall–Kier alpha value is -1.78. The molecule has 3 unspecified atom stereocenters. The average Bonchev–Trinajstić information content (AvgIpc) is 3.02. The van der Waals surface area contributed by atoms with Gasteiger partial charge in [-0.2, -0.15) is 0 Å². The molecule has 0 bridgehead atoms. The zero-order chi connectivity index (χ0) is 34.3. The summed E-state index contributed by atoms with van der Waals surface area (Å²) in [5.41, 5.74) is 0. The fraction of sp³-hybridized carbons (Fsp3) is 0.853. The van der Waals surface area contributed by atoms with Crippen LogP contribution in [0.25, 0.3) is 0 Å². The van der Waals surface area contributed by atoms with Crippen LogP contribution < -0.4 is 5.32 Å². The largest absolute Gasteiger partial charge is 0.480 e. The summed E-state index contributed by atoms with van der Waals surface area (Å²) in [6.45, 7) is 2.50. The predicted octanol–water partition coefficient (Wildman–Crippen LogP) is 7.77. The molecule has 0 radical (unpaired) electrons. The van der Waals surface area contributed by atoms with Crippen molar-refractivity contribution >= 4 is 25.7 Å². The summed E-state index contributed by atoms with van der Waals surface area (Å²) in [7, 11) is -4.74. The Balaban J connectivity index is 3.97. The summed E-state index contributed by atoms with van der Waals surface area (Å²) >= 11 is 0. The van der Waals surface area contributed by atoms with Gasteiger partial charge in [0, 0.05) is 12.8 Å². The van der Waals surface area contributed by atoms with Crippen molar-refractivity contribution in [2.24, 2.45) is 0 Å². The zero-order valence-electron chi connectivity index (χ0n) is 28.6. The lowest BCUT2D eigenvalue weighted by Gasteiger charge is -2.18. The molecule has 0 aromatic rings. The fourth-order valence-electron chi connectivity index (χ4n) is 4.72. The van der Waals surface area contributed by atoms with E-state index in [0.29, 0.717) is 12.8 Å². The van der Waals surface area contributed by atoms with Crippen LogP contribution in [0.3, 0.4) is 0 Å². The first-order valence-electron chi connectivity index (χ1n) is 17.7. The monoisotopic (exact) mass is 677 g/mol. The molecular formula is C34H64NO10P. The van der Waals surface area contributed by atoms with Crippen molar-refractivity contribution in [3.05, 3.63) is 12.2 Å². The Bertz CT molecular complexity index is 854. The van der Waals surface area contributed by atoms with E-state index >= 15 is 0 Å². The van der Waals surface area contributed by atoms with E-state index < -0.39 is 57.6 Å². The molecule has 0 saturated carbocycles. The minimum absolute atomic E-state index is 0.147. The van der Waals surface area contributed by atoms with Crippen molar-refractivity contribution in [2.75, 3.05) is 19.8 Å². The van der Waals surface area contributed by atoms with Crippen LogP contribution in [0, 0.1) is 0 Å². The van der Waals surface area contributed by atoms with Crippen LogP contribution in [-0.2, 0) is 32.7 Å². The van der Waals surface area contributed by atoms with Crippen LogP contribution in [0.1, 0.15) is 155 Å². The number of unbranched alkanes of at least 4 members (excludes halogenated alkanes) is 17. The van der Waals surface area contributed by atoms with Gasteiger partial charge in [0.2, 0.25) is 5.91 Å². The van der Waals surface area contributed by atoms with Gasteiger partial charge in [0.15, 0.2) is 6.04 Å². The van der Waals surface area contributed by atoms with E-state index in [9.17, 15) is 34.1 Å². The normalized spacial score (nSPS) is 14.2. The minimum atomic E-state index is -4.74. The van der Waals surface area contributed by atoms with Gasteiger partial charge in [-0.15, -0.1) is 0 Å². The molecule has 270 valence electrons. The fourth-order valence-corrected chi connectivity index (χ4v) is 5.49. The molecule has 0 heterocycles. The molecule has 0 fully saturated rings. The first-order chi connectivity index (χ1) is 22.1. The molecule has 0 aliphatic carbocycles. The number of allylic oxidation sites excluding steroid dienone is 2. The second-order valence-corrected chi connectivity index (χ2v) is 13.5. The highest BCUT2D eigenvalue weighted by molar-refractivity contribution is 7.47.